The van der Waals surface area contributed by atoms with Crippen LogP contribution in [0.1, 0.15) is 49.9 Å². The molecule has 0 fully saturated rings. The monoisotopic (exact) mass is 293 g/mol. The third-order valence-electron chi connectivity index (χ3n) is 3.41. The van der Waals surface area contributed by atoms with Crippen molar-refractivity contribution in [3.8, 4) is 0 Å². The molecule has 1 N–H and O–H groups in total. The van der Waals surface area contributed by atoms with Crippen LogP contribution in [0.5, 0.6) is 0 Å². The molecule has 0 saturated carbocycles. The zero-order valence-electron chi connectivity index (χ0n) is 14.2. The Balaban J connectivity index is 2.56. The highest BCUT2D eigenvalue weighted by molar-refractivity contribution is 5.33. The van der Waals surface area contributed by atoms with Gasteiger partial charge in [-0.2, -0.15) is 0 Å². The summed E-state index contributed by atoms with van der Waals surface area (Å²) in [6.07, 6.45) is 1.39. The second-order valence-electron chi connectivity index (χ2n) is 5.86. The molecule has 0 aromatic heterocycles. The van der Waals surface area contributed by atoms with Crippen molar-refractivity contribution in [2.75, 3.05) is 26.4 Å². The number of rotatable bonds is 10. The molecule has 0 aliphatic heterocycles. The molecular formula is C18H31NO2. The number of hydrogen-bond acceptors (Lipinski definition) is 3. The lowest BCUT2D eigenvalue weighted by atomic mass is 9.99. The Morgan fingerprint density at radius 3 is 2.57 bits per heavy atom. The van der Waals surface area contributed by atoms with Crippen LogP contribution >= 0.6 is 0 Å². The molecule has 0 saturated heterocycles. The van der Waals surface area contributed by atoms with Crippen molar-refractivity contribution < 1.29 is 9.47 Å². The normalized spacial score (nSPS) is 12.9. The van der Waals surface area contributed by atoms with Crippen LogP contribution in [0.3, 0.4) is 0 Å². The van der Waals surface area contributed by atoms with Crippen LogP contribution < -0.4 is 5.32 Å². The molecule has 1 aromatic rings. The van der Waals surface area contributed by atoms with Gasteiger partial charge in [-0.1, -0.05) is 30.7 Å². The van der Waals surface area contributed by atoms with Crippen molar-refractivity contribution in [1.29, 1.82) is 0 Å². The van der Waals surface area contributed by atoms with Crippen molar-refractivity contribution in [1.82, 2.24) is 5.32 Å². The smallest absolute Gasteiger partial charge is 0.0703 e. The minimum Gasteiger partial charge on any atom is -0.377 e. The molecule has 0 aliphatic carbocycles. The van der Waals surface area contributed by atoms with Crippen molar-refractivity contribution in [3.63, 3.8) is 0 Å². The van der Waals surface area contributed by atoms with E-state index in [1.807, 2.05) is 13.8 Å². The molecule has 1 rings (SSSR count). The van der Waals surface area contributed by atoms with E-state index < -0.39 is 0 Å². The van der Waals surface area contributed by atoms with Gasteiger partial charge in [0.1, 0.15) is 0 Å². The number of aryl methyl sites for hydroxylation is 2. The van der Waals surface area contributed by atoms with E-state index in [0.29, 0.717) is 19.8 Å². The Morgan fingerprint density at radius 1 is 1.14 bits per heavy atom. The van der Waals surface area contributed by atoms with Crippen LogP contribution in [-0.2, 0) is 9.47 Å². The maximum absolute atomic E-state index is 5.81. The van der Waals surface area contributed by atoms with Gasteiger partial charge in [0, 0.05) is 0 Å². The summed E-state index contributed by atoms with van der Waals surface area (Å²) in [6.45, 7) is 13.6. The van der Waals surface area contributed by atoms with Crippen molar-refractivity contribution >= 4 is 0 Å². The van der Waals surface area contributed by atoms with Gasteiger partial charge in [-0.25, -0.2) is 0 Å². The third-order valence-corrected chi connectivity index (χ3v) is 3.41. The van der Waals surface area contributed by atoms with Gasteiger partial charge in [0.2, 0.25) is 0 Å². The first-order valence-corrected chi connectivity index (χ1v) is 8.04. The minimum atomic E-state index is 0.254. The fourth-order valence-electron chi connectivity index (χ4n) is 2.26. The fourth-order valence-corrected chi connectivity index (χ4v) is 2.26. The van der Waals surface area contributed by atoms with E-state index in [0.717, 1.165) is 13.0 Å². The summed E-state index contributed by atoms with van der Waals surface area (Å²) in [4.78, 5) is 0. The fraction of sp³-hybridized carbons (Fsp3) is 0.667. The molecule has 0 heterocycles. The first-order valence-electron chi connectivity index (χ1n) is 8.04. The van der Waals surface area contributed by atoms with Crippen LogP contribution in [-0.4, -0.2) is 32.5 Å². The first kappa shape index (κ1) is 18.1. The molecule has 0 bridgehead atoms. The Kier molecular flexibility index (Phi) is 8.58. The lowest BCUT2D eigenvalue weighted by Gasteiger charge is -2.21. The highest BCUT2D eigenvalue weighted by Crippen LogP contribution is 2.20. The van der Waals surface area contributed by atoms with E-state index >= 15 is 0 Å². The van der Waals surface area contributed by atoms with Crippen molar-refractivity contribution in [3.05, 3.63) is 34.9 Å². The lowest BCUT2D eigenvalue weighted by Crippen LogP contribution is -2.27. The molecule has 3 heteroatoms. The molecular weight excluding hydrogens is 262 g/mol. The number of hydrogen-bond donors (Lipinski definition) is 1. The van der Waals surface area contributed by atoms with E-state index in [1.54, 1.807) is 0 Å². The van der Waals surface area contributed by atoms with Gasteiger partial charge in [-0.3, -0.25) is 0 Å². The summed E-state index contributed by atoms with van der Waals surface area (Å²) in [6, 6.07) is 6.86. The van der Waals surface area contributed by atoms with Gasteiger partial charge in [-0.15, -0.1) is 0 Å². The third kappa shape index (κ3) is 7.07. The van der Waals surface area contributed by atoms with Crippen LogP contribution in [0.25, 0.3) is 0 Å². The Labute approximate surface area is 130 Å². The molecule has 0 aliphatic rings. The second kappa shape index (κ2) is 9.93. The standard InChI is InChI=1S/C18H31NO2/c1-6-9-19-18(13-20-10-11-21-14(2)3)17-12-15(4)7-8-16(17)5/h7-8,12,14,18-19H,6,9-11,13H2,1-5H3. The minimum absolute atomic E-state index is 0.254. The summed E-state index contributed by atoms with van der Waals surface area (Å²) < 4.78 is 11.3. The SMILES string of the molecule is CCCNC(COCCOC(C)C)c1cc(C)ccc1C. The lowest BCUT2D eigenvalue weighted by molar-refractivity contribution is 0.0137. The summed E-state index contributed by atoms with van der Waals surface area (Å²) in [7, 11) is 0. The zero-order chi connectivity index (χ0) is 15.7. The topological polar surface area (TPSA) is 30.5 Å². The number of ether oxygens (including phenoxy) is 2. The summed E-state index contributed by atoms with van der Waals surface area (Å²) in [5, 5.41) is 3.59. The van der Waals surface area contributed by atoms with Crippen LogP contribution in [0.15, 0.2) is 18.2 Å². The molecule has 0 spiro atoms. The molecule has 0 radical (unpaired) electrons. The molecule has 1 atom stereocenters. The molecule has 1 unspecified atom stereocenters. The average molecular weight is 293 g/mol. The number of nitrogens with one attached hydrogen (secondary N) is 1. The summed E-state index contributed by atoms with van der Waals surface area (Å²) in [5.74, 6) is 0. The Hall–Kier alpha value is -0.900. The van der Waals surface area contributed by atoms with Crippen molar-refractivity contribution in [2.45, 2.75) is 53.2 Å². The summed E-state index contributed by atoms with van der Waals surface area (Å²) >= 11 is 0. The summed E-state index contributed by atoms with van der Waals surface area (Å²) in [5.41, 5.74) is 3.95. The molecule has 21 heavy (non-hydrogen) atoms. The van der Waals surface area contributed by atoms with Gasteiger partial charge >= 0.3 is 0 Å². The van der Waals surface area contributed by atoms with Gasteiger partial charge in [-0.05, 0) is 51.8 Å². The van der Waals surface area contributed by atoms with E-state index in [9.17, 15) is 0 Å². The largest absolute Gasteiger partial charge is 0.377 e. The van der Waals surface area contributed by atoms with Gasteiger partial charge in [0.05, 0.1) is 32.0 Å². The van der Waals surface area contributed by atoms with Crippen molar-refractivity contribution in [2.24, 2.45) is 0 Å². The molecule has 0 amide bonds. The van der Waals surface area contributed by atoms with E-state index in [1.165, 1.54) is 16.7 Å². The predicted octanol–water partition coefficient (Wildman–Crippen LogP) is 3.79. The Bertz CT molecular complexity index is 404. The Morgan fingerprint density at radius 2 is 1.90 bits per heavy atom. The first-order chi connectivity index (χ1) is 10.0. The second-order valence-corrected chi connectivity index (χ2v) is 5.86. The maximum atomic E-state index is 5.81. The van der Waals surface area contributed by atoms with Crippen LogP contribution in [0, 0.1) is 13.8 Å². The molecule has 120 valence electrons. The van der Waals surface area contributed by atoms with E-state index in [-0.39, 0.29) is 12.1 Å². The highest BCUT2D eigenvalue weighted by Gasteiger charge is 2.13. The van der Waals surface area contributed by atoms with Gasteiger partial charge in [0.15, 0.2) is 0 Å². The quantitative estimate of drug-likeness (QED) is 0.666. The van der Waals surface area contributed by atoms with Gasteiger partial charge in [0.25, 0.3) is 0 Å². The molecule has 1 aromatic carbocycles. The van der Waals surface area contributed by atoms with Gasteiger partial charge < -0.3 is 14.8 Å². The highest BCUT2D eigenvalue weighted by atomic mass is 16.5. The zero-order valence-corrected chi connectivity index (χ0v) is 14.2. The van der Waals surface area contributed by atoms with Crippen LogP contribution in [0.4, 0.5) is 0 Å². The van der Waals surface area contributed by atoms with E-state index in [2.05, 4.69) is 44.3 Å². The average Bonchev–Trinajstić information content (AvgIpc) is 2.44. The molecule has 3 nitrogen and oxygen atoms in total. The predicted molar refractivity (Wildman–Crippen MR) is 88.9 cm³/mol. The number of benzene rings is 1. The maximum Gasteiger partial charge on any atom is 0.0703 e. The van der Waals surface area contributed by atoms with E-state index in [4.69, 9.17) is 9.47 Å². The van der Waals surface area contributed by atoms with Crippen LogP contribution in [0.2, 0.25) is 0 Å².